The number of nitrogens with one attached hydrogen (secondary N) is 2. The zero-order valence-corrected chi connectivity index (χ0v) is 13.0. The Morgan fingerprint density at radius 2 is 2.00 bits per heavy atom. The maximum atomic E-state index is 11.8. The molecule has 0 aliphatic carbocycles. The summed E-state index contributed by atoms with van der Waals surface area (Å²) >= 11 is 5.68. The number of rotatable bonds is 5. The molecule has 0 bridgehead atoms. The fraction of sp³-hybridized carbons (Fsp3) is 0.308. The van der Waals surface area contributed by atoms with Crippen LogP contribution < -0.4 is 10.6 Å². The molecule has 9 nitrogen and oxygen atoms in total. The van der Waals surface area contributed by atoms with Gasteiger partial charge in [-0.1, -0.05) is 11.6 Å². The molecule has 0 radical (unpaired) electrons. The Kier molecular flexibility index (Phi) is 6.46. The summed E-state index contributed by atoms with van der Waals surface area (Å²) < 4.78 is 4.65. The van der Waals surface area contributed by atoms with Gasteiger partial charge in [0, 0.05) is 17.1 Å². The van der Waals surface area contributed by atoms with E-state index in [4.69, 9.17) is 11.6 Å². The fourth-order valence-electron chi connectivity index (χ4n) is 1.50. The van der Waals surface area contributed by atoms with Gasteiger partial charge in [0.25, 0.3) is 11.6 Å². The lowest BCUT2D eigenvalue weighted by molar-refractivity contribution is -0.385. The fourth-order valence-corrected chi connectivity index (χ4v) is 1.67. The van der Waals surface area contributed by atoms with Crippen LogP contribution in [-0.4, -0.2) is 35.5 Å². The lowest BCUT2D eigenvalue weighted by Gasteiger charge is -2.09. The summed E-state index contributed by atoms with van der Waals surface area (Å²) in [6, 6.07) is 2.44. The van der Waals surface area contributed by atoms with Gasteiger partial charge in [-0.25, -0.2) is 9.59 Å². The highest BCUT2D eigenvalue weighted by Gasteiger charge is 2.22. The summed E-state index contributed by atoms with van der Waals surface area (Å²) in [4.78, 5) is 44.6. The molecule has 0 aromatic heterocycles. The van der Waals surface area contributed by atoms with Crippen LogP contribution >= 0.6 is 11.6 Å². The quantitative estimate of drug-likeness (QED) is 0.475. The summed E-state index contributed by atoms with van der Waals surface area (Å²) in [5.74, 6) is -1.97. The molecule has 1 rings (SSSR count). The molecule has 3 amide bonds. The van der Waals surface area contributed by atoms with Crippen molar-refractivity contribution in [1.82, 2.24) is 10.6 Å². The number of hydrogen-bond acceptors (Lipinski definition) is 6. The van der Waals surface area contributed by atoms with E-state index in [0.717, 1.165) is 12.1 Å². The van der Waals surface area contributed by atoms with Gasteiger partial charge in [-0.05, 0) is 26.0 Å². The number of carbonyl (C=O) groups is 3. The Morgan fingerprint density at radius 1 is 1.35 bits per heavy atom. The van der Waals surface area contributed by atoms with Crippen molar-refractivity contribution in [2.24, 2.45) is 0 Å². The van der Waals surface area contributed by atoms with Gasteiger partial charge in [0.15, 0.2) is 6.61 Å². The molecule has 1 aromatic rings. The van der Waals surface area contributed by atoms with Crippen LogP contribution in [0.1, 0.15) is 24.2 Å². The van der Waals surface area contributed by atoms with Crippen LogP contribution in [0.5, 0.6) is 0 Å². The van der Waals surface area contributed by atoms with Crippen molar-refractivity contribution in [1.29, 1.82) is 0 Å². The summed E-state index contributed by atoms with van der Waals surface area (Å²) in [6.07, 6.45) is 0. The zero-order valence-electron chi connectivity index (χ0n) is 12.3. The molecule has 0 aliphatic rings. The Bertz CT molecular complexity index is 647. The molecule has 0 fully saturated rings. The van der Waals surface area contributed by atoms with Crippen LogP contribution in [0.15, 0.2) is 18.2 Å². The van der Waals surface area contributed by atoms with Gasteiger partial charge in [-0.3, -0.25) is 20.2 Å². The molecule has 2 N–H and O–H groups in total. The van der Waals surface area contributed by atoms with Gasteiger partial charge >= 0.3 is 12.0 Å². The number of esters is 1. The largest absolute Gasteiger partial charge is 0.452 e. The normalized spacial score (nSPS) is 10.1. The maximum Gasteiger partial charge on any atom is 0.345 e. The van der Waals surface area contributed by atoms with Gasteiger partial charge in [-0.15, -0.1) is 0 Å². The molecule has 0 aliphatic heterocycles. The van der Waals surface area contributed by atoms with E-state index in [1.807, 2.05) is 5.32 Å². The predicted octanol–water partition coefficient (Wildman–Crippen LogP) is 1.64. The number of urea groups is 1. The second-order valence-corrected chi connectivity index (χ2v) is 5.11. The summed E-state index contributed by atoms with van der Waals surface area (Å²) in [7, 11) is 0. The van der Waals surface area contributed by atoms with Crippen molar-refractivity contribution < 1.29 is 24.0 Å². The van der Waals surface area contributed by atoms with Crippen LogP contribution in [0.4, 0.5) is 10.5 Å². The van der Waals surface area contributed by atoms with Crippen molar-refractivity contribution in [3.05, 3.63) is 38.9 Å². The van der Waals surface area contributed by atoms with Crippen molar-refractivity contribution >= 4 is 35.2 Å². The van der Waals surface area contributed by atoms with Gasteiger partial charge in [-0.2, -0.15) is 0 Å². The molecule has 0 heterocycles. The SMILES string of the molecule is CC(C)NC(=O)NC(=O)COC(=O)c1cc(Cl)ccc1[N+](=O)[O-]. The zero-order chi connectivity index (χ0) is 17.6. The first-order chi connectivity index (χ1) is 10.7. The minimum Gasteiger partial charge on any atom is -0.452 e. The number of nitro benzene ring substituents is 1. The molecule has 0 atom stereocenters. The third-order valence-corrected chi connectivity index (χ3v) is 2.62. The van der Waals surface area contributed by atoms with E-state index in [2.05, 4.69) is 10.1 Å². The monoisotopic (exact) mass is 343 g/mol. The Balaban J connectivity index is 2.67. The van der Waals surface area contributed by atoms with E-state index < -0.39 is 35.1 Å². The molecule has 1 aromatic carbocycles. The van der Waals surface area contributed by atoms with E-state index in [-0.39, 0.29) is 16.6 Å². The first-order valence-corrected chi connectivity index (χ1v) is 6.80. The number of halogens is 1. The highest BCUT2D eigenvalue weighted by Crippen LogP contribution is 2.23. The summed E-state index contributed by atoms with van der Waals surface area (Å²) in [6.45, 7) is 2.62. The second kappa shape index (κ2) is 8.08. The van der Waals surface area contributed by atoms with Gasteiger partial charge in [0.05, 0.1) is 4.92 Å². The smallest absolute Gasteiger partial charge is 0.345 e. The predicted molar refractivity (Wildman–Crippen MR) is 80.2 cm³/mol. The van der Waals surface area contributed by atoms with Crippen molar-refractivity contribution in [3.63, 3.8) is 0 Å². The van der Waals surface area contributed by atoms with Crippen molar-refractivity contribution in [3.8, 4) is 0 Å². The van der Waals surface area contributed by atoms with Crippen LogP contribution in [0.25, 0.3) is 0 Å². The minimum atomic E-state index is -1.10. The summed E-state index contributed by atoms with van der Waals surface area (Å²) in [5, 5.41) is 15.3. The highest BCUT2D eigenvalue weighted by atomic mass is 35.5. The number of hydrogen-bond donors (Lipinski definition) is 2. The third kappa shape index (κ3) is 5.91. The van der Waals surface area contributed by atoms with Gasteiger partial charge < -0.3 is 10.1 Å². The molecule has 0 saturated carbocycles. The minimum absolute atomic E-state index is 0.100. The van der Waals surface area contributed by atoms with Crippen LogP contribution in [0.3, 0.4) is 0 Å². The number of carbonyl (C=O) groups excluding carboxylic acids is 3. The number of ether oxygens (including phenoxy) is 1. The molecule has 0 saturated heterocycles. The molecule has 0 spiro atoms. The Hall–Kier alpha value is -2.68. The first-order valence-electron chi connectivity index (χ1n) is 6.42. The average molecular weight is 344 g/mol. The third-order valence-electron chi connectivity index (χ3n) is 2.38. The van der Waals surface area contributed by atoms with Crippen LogP contribution in [-0.2, 0) is 9.53 Å². The van der Waals surface area contributed by atoms with Crippen LogP contribution in [0.2, 0.25) is 5.02 Å². The van der Waals surface area contributed by atoms with Gasteiger partial charge in [0.1, 0.15) is 5.56 Å². The number of benzene rings is 1. The van der Waals surface area contributed by atoms with E-state index >= 15 is 0 Å². The molecular weight excluding hydrogens is 330 g/mol. The van der Waals surface area contributed by atoms with Gasteiger partial charge in [0.2, 0.25) is 0 Å². The molecular formula is C13H14ClN3O6. The number of imide groups is 1. The van der Waals surface area contributed by atoms with E-state index in [1.54, 1.807) is 13.8 Å². The van der Waals surface area contributed by atoms with Crippen molar-refractivity contribution in [2.75, 3.05) is 6.61 Å². The standard InChI is InChI=1S/C13H14ClN3O6/c1-7(2)15-13(20)16-11(18)6-23-12(19)9-5-8(14)3-4-10(9)17(21)22/h3-5,7H,6H2,1-2H3,(H2,15,16,18,20). The topological polar surface area (TPSA) is 128 Å². The number of nitro groups is 1. The molecule has 10 heteroatoms. The van der Waals surface area contributed by atoms with E-state index in [9.17, 15) is 24.5 Å². The molecule has 23 heavy (non-hydrogen) atoms. The average Bonchev–Trinajstić information content (AvgIpc) is 2.43. The molecule has 0 unspecified atom stereocenters. The van der Waals surface area contributed by atoms with Crippen molar-refractivity contribution in [2.45, 2.75) is 19.9 Å². The summed E-state index contributed by atoms with van der Waals surface area (Å²) in [5.41, 5.74) is -0.890. The highest BCUT2D eigenvalue weighted by molar-refractivity contribution is 6.31. The molecule has 124 valence electrons. The number of nitrogens with zero attached hydrogens (tertiary/aromatic N) is 1. The second-order valence-electron chi connectivity index (χ2n) is 4.67. The number of amides is 3. The van der Waals surface area contributed by atoms with Crippen LogP contribution in [0, 0.1) is 10.1 Å². The maximum absolute atomic E-state index is 11.8. The lowest BCUT2D eigenvalue weighted by atomic mass is 10.2. The van der Waals surface area contributed by atoms with E-state index in [0.29, 0.717) is 0 Å². The first kappa shape index (κ1) is 18.4. The Morgan fingerprint density at radius 3 is 2.57 bits per heavy atom. The van der Waals surface area contributed by atoms with E-state index in [1.165, 1.54) is 6.07 Å². The lowest BCUT2D eigenvalue weighted by Crippen LogP contribution is -2.44. The Labute approximate surface area is 136 Å².